The predicted octanol–water partition coefficient (Wildman–Crippen LogP) is 3.49. The Labute approximate surface area is 186 Å². The number of hydrogen-bond donors (Lipinski definition) is 2. The van der Waals surface area contributed by atoms with Crippen LogP contribution in [0.5, 0.6) is 0 Å². The number of rotatable bonds is 8. The van der Waals surface area contributed by atoms with Crippen LogP contribution in [-0.2, 0) is 31.4 Å². The Morgan fingerprint density at radius 1 is 1.21 bits per heavy atom. The van der Waals surface area contributed by atoms with Crippen LogP contribution in [0.3, 0.4) is 0 Å². The Morgan fingerprint density at radius 3 is 2.39 bits per heavy atom. The van der Waals surface area contributed by atoms with E-state index < -0.39 is 0 Å². The van der Waals surface area contributed by atoms with Crippen LogP contribution in [-0.4, -0.2) is 35.4 Å². The van der Waals surface area contributed by atoms with Gasteiger partial charge in [0.1, 0.15) is 0 Å². The first kappa shape index (κ1) is 24.4. The number of hydrogen-bond acceptors (Lipinski definition) is 3. The molecule has 0 spiro atoms. The van der Waals surface area contributed by atoms with E-state index >= 15 is 0 Å². The summed E-state index contributed by atoms with van der Waals surface area (Å²) in [6.07, 6.45) is 0.915. The summed E-state index contributed by atoms with van der Waals surface area (Å²) >= 11 is 0. The Bertz CT molecular complexity index is 755. The highest BCUT2D eigenvalue weighted by molar-refractivity contribution is 14.0. The lowest BCUT2D eigenvalue weighted by atomic mass is 10.1. The number of nitrogens with one attached hydrogen (secondary N) is 2. The Hall–Kier alpha value is -1.61. The number of guanidine groups is 1. The van der Waals surface area contributed by atoms with Crippen LogP contribution in [0.2, 0.25) is 0 Å². The fourth-order valence-corrected chi connectivity index (χ4v) is 3.06. The molecule has 0 bridgehead atoms. The third-order valence-corrected chi connectivity index (χ3v) is 4.73. The number of nitrogens with zero attached hydrogens (tertiary/aromatic N) is 3. The van der Waals surface area contributed by atoms with E-state index in [9.17, 15) is 0 Å². The number of aryl methyl sites for hydroxylation is 2. The number of aliphatic imine (C=N–C) groups is 1. The first-order valence-corrected chi connectivity index (χ1v) is 9.56. The first-order chi connectivity index (χ1) is 12.9. The number of aromatic nitrogens is 2. The van der Waals surface area contributed by atoms with E-state index in [2.05, 4.69) is 65.8 Å². The van der Waals surface area contributed by atoms with Crippen molar-refractivity contribution in [1.29, 1.82) is 0 Å². The van der Waals surface area contributed by atoms with E-state index in [1.54, 1.807) is 7.05 Å². The van der Waals surface area contributed by atoms with Crippen LogP contribution >= 0.6 is 24.0 Å². The minimum absolute atomic E-state index is 0. The molecule has 28 heavy (non-hydrogen) atoms. The molecule has 0 saturated carbocycles. The minimum Gasteiger partial charge on any atom is -0.377 e. The number of ether oxygens (including phenoxy) is 1. The van der Waals surface area contributed by atoms with E-state index in [-0.39, 0.29) is 30.0 Å². The van der Waals surface area contributed by atoms with Gasteiger partial charge in [0.2, 0.25) is 0 Å². The molecule has 1 aromatic carbocycles. The average molecular weight is 499 g/mol. The smallest absolute Gasteiger partial charge is 0.191 e. The Morgan fingerprint density at radius 2 is 1.86 bits per heavy atom. The highest BCUT2D eigenvalue weighted by atomic mass is 127. The van der Waals surface area contributed by atoms with E-state index in [4.69, 9.17) is 4.74 Å². The second kappa shape index (κ2) is 12.1. The van der Waals surface area contributed by atoms with Crippen molar-refractivity contribution >= 4 is 29.9 Å². The lowest BCUT2D eigenvalue weighted by molar-refractivity contribution is 0.134. The molecule has 7 heteroatoms. The van der Waals surface area contributed by atoms with Gasteiger partial charge in [0.15, 0.2) is 5.96 Å². The zero-order valence-electron chi connectivity index (χ0n) is 17.9. The van der Waals surface area contributed by atoms with Gasteiger partial charge in [-0.05, 0) is 50.8 Å². The van der Waals surface area contributed by atoms with Crippen molar-refractivity contribution in [3.8, 4) is 0 Å². The topological polar surface area (TPSA) is 63.5 Å². The average Bonchev–Trinajstić information content (AvgIpc) is 2.90. The van der Waals surface area contributed by atoms with E-state index in [0.29, 0.717) is 6.61 Å². The first-order valence-electron chi connectivity index (χ1n) is 9.56. The molecule has 1 aromatic heterocycles. The normalized spacial score (nSPS) is 12.4. The fraction of sp³-hybridized carbons (Fsp3) is 0.524. The van der Waals surface area contributed by atoms with Gasteiger partial charge in [0, 0.05) is 39.0 Å². The van der Waals surface area contributed by atoms with Crippen LogP contribution in [0.25, 0.3) is 0 Å². The quantitative estimate of drug-likeness (QED) is 0.332. The summed E-state index contributed by atoms with van der Waals surface area (Å²) in [5.41, 5.74) is 6.02. The van der Waals surface area contributed by atoms with Crippen LogP contribution < -0.4 is 10.6 Å². The molecule has 6 nitrogen and oxygen atoms in total. The molecule has 2 aromatic rings. The van der Waals surface area contributed by atoms with Gasteiger partial charge in [-0.3, -0.25) is 9.67 Å². The van der Waals surface area contributed by atoms with E-state index in [1.807, 2.05) is 18.7 Å². The van der Waals surface area contributed by atoms with E-state index in [0.717, 1.165) is 31.2 Å². The largest absolute Gasteiger partial charge is 0.377 e. The molecular weight excluding hydrogens is 465 g/mol. The molecular formula is C21H34IN5O. The van der Waals surface area contributed by atoms with Gasteiger partial charge in [-0.25, -0.2) is 0 Å². The van der Waals surface area contributed by atoms with Gasteiger partial charge >= 0.3 is 0 Å². The van der Waals surface area contributed by atoms with Crippen LogP contribution in [0, 0.1) is 13.8 Å². The molecule has 0 saturated heterocycles. The van der Waals surface area contributed by atoms with Crippen LogP contribution in [0.1, 0.15) is 41.9 Å². The maximum atomic E-state index is 5.44. The van der Waals surface area contributed by atoms with Gasteiger partial charge in [-0.2, -0.15) is 5.10 Å². The van der Waals surface area contributed by atoms with Gasteiger partial charge < -0.3 is 15.4 Å². The second-order valence-corrected chi connectivity index (χ2v) is 6.90. The van der Waals surface area contributed by atoms with Gasteiger partial charge in [-0.1, -0.05) is 24.3 Å². The fourth-order valence-electron chi connectivity index (χ4n) is 3.06. The van der Waals surface area contributed by atoms with Crippen molar-refractivity contribution in [3.05, 3.63) is 52.3 Å². The molecule has 0 radical (unpaired) electrons. The van der Waals surface area contributed by atoms with Gasteiger partial charge in [0.25, 0.3) is 0 Å². The number of halogens is 1. The molecule has 2 N–H and O–H groups in total. The third kappa shape index (κ3) is 7.09. The second-order valence-electron chi connectivity index (χ2n) is 6.90. The van der Waals surface area contributed by atoms with Crippen molar-refractivity contribution in [2.45, 2.75) is 53.3 Å². The number of benzene rings is 1. The Balaban J connectivity index is 0.00000392. The van der Waals surface area contributed by atoms with Crippen LogP contribution in [0.15, 0.2) is 29.3 Å². The van der Waals surface area contributed by atoms with Crippen molar-refractivity contribution in [1.82, 2.24) is 20.4 Å². The lowest BCUT2D eigenvalue weighted by Gasteiger charge is -2.18. The zero-order chi connectivity index (χ0) is 19.8. The lowest BCUT2D eigenvalue weighted by Crippen LogP contribution is -2.42. The third-order valence-electron chi connectivity index (χ3n) is 4.73. The molecule has 1 unspecified atom stereocenters. The molecule has 1 atom stereocenters. The highest BCUT2D eigenvalue weighted by Gasteiger charge is 2.14. The van der Waals surface area contributed by atoms with Gasteiger partial charge in [-0.15, -0.1) is 24.0 Å². The summed E-state index contributed by atoms with van der Waals surface area (Å²) in [4.78, 5) is 4.35. The van der Waals surface area contributed by atoms with Crippen molar-refractivity contribution < 1.29 is 4.74 Å². The predicted molar refractivity (Wildman–Crippen MR) is 126 cm³/mol. The SMILES string of the molecule is CCOCc1ccc(CNC(=NC)NC(C)Cc2c(C)nn(C)c2C)cc1.I. The molecule has 0 aliphatic carbocycles. The highest BCUT2D eigenvalue weighted by Crippen LogP contribution is 2.14. The van der Waals surface area contributed by atoms with E-state index in [1.165, 1.54) is 22.4 Å². The molecule has 0 amide bonds. The molecule has 0 fully saturated rings. The summed E-state index contributed by atoms with van der Waals surface area (Å²) in [6.45, 7) is 10.5. The summed E-state index contributed by atoms with van der Waals surface area (Å²) in [5, 5.41) is 11.4. The monoisotopic (exact) mass is 499 g/mol. The summed E-state index contributed by atoms with van der Waals surface area (Å²) in [7, 11) is 3.79. The van der Waals surface area contributed by atoms with Crippen molar-refractivity contribution in [2.75, 3.05) is 13.7 Å². The molecule has 1 heterocycles. The molecule has 156 valence electrons. The van der Waals surface area contributed by atoms with Crippen molar-refractivity contribution in [2.24, 2.45) is 12.0 Å². The van der Waals surface area contributed by atoms with Crippen molar-refractivity contribution in [3.63, 3.8) is 0 Å². The Kier molecular flexibility index (Phi) is 10.5. The minimum atomic E-state index is 0. The maximum Gasteiger partial charge on any atom is 0.191 e. The zero-order valence-corrected chi connectivity index (χ0v) is 20.2. The van der Waals surface area contributed by atoms with Crippen LogP contribution in [0.4, 0.5) is 0 Å². The molecule has 2 rings (SSSR count). The maximum absolute atomic E-state index is 5.44. The molecule has 0 aliphatic rings. The summed E-state index contributed by atoms with van der Waals surface area (Å²) < 4.78 is 7.38. The summed E-state index contributed by atoms with van der Waals surface area (Å²) in [5.74, 6) is 0.806. The molecule has 0 aliphatic heterocycles. The summed E-state index contributed by atoms with van der Waals surface area (Å²) in [6, 6.07) is 8.73. The standard InChI is InChI=1S/C21H33N5O.HI/c1-7-27-14-19-10-8-18(9-11-19)13-23-21(22-5)24-15(2)12-20-16(3)25-26(6)17(20)4;/h8-11,15H,7,12-14H2,1-6H3,(H2,22,23,24);1H. The van der Waals surface area contributed by atoms with Gasteiger partial charge in [0.05, 0.1) is 12.3 Å².